The van der Waals surface area contributed by atoms with Gasteiger partial charge in [-0.2, -0.15) is 4.98 Å². The zero-order valence-electron chi connectivity index (χ0n) is 14.9. The lowest BCUT2D eigenvalue weighted by Crippen LogP contribution is -2.41. The average Bonchev–Trinajstić information content (AvgIpc) is 3.26. The highest BCUT2D eigenvalue weighted by molar-refractivity contribution is 5.73. The predicted octanol–water partition coefficient (Wildman–Crippen LogP) is 1.79. The van der Waals surface area contributed by atoms with Crippen LogP contribution in [0.4, 0.5) is 0 Å². The van der Waals surface area contributed by atoms with Crippen LogP contribution in [-0.4, -0.2) is 64.2 Å². The van der Waals surface area contributed by atoms with E-state index in [1.807, 2.05) is 18.7 Å². The number of ether oxygens (including phenoxy) is 1. The number of carbonyl (C=O) groups is 1. The molecule has 2 aliphatic heterocycles. The summed E-state index contributed by atoms with van der Waals surface area (Å²) in [5, 5.41) is 4.02. The standard InChI is InChI=1S/C17H28N4O3/c1-12(2)17-18-16(19-24-17)11-21(13(3)22)14-6-7-20(9-14)10-15-5-4-8-23-15/h12,14-15H,4-11H2,1-3H3/t14-,15+/m1/s1. The summed E-state index contributed by atoms with van der Waals surface area (Å²) >= 11 is 0. The van der Waals surface area contributed by atoms with Crippen LogP contribution in [0.15, 0.2) is 4.52 Å². The van der Waals surface area contributed by atoms with E-state index in [9.17, 15) is 4.79 Å². The number of hydrogen-bond donors (Lipinski definition) is 0. The predicted molar refractivity (Wildman–Crippen MR) is 88.4 cm³/mol. The van der Waals surface area contributed by atoms with Crippen LogP contribution in [0.5, 0.6) is 0 Å². The van der Waals surface area contributed by atoms with Gasteiger partial charge >= 0.3 is 0 Å². The number of likely N-dealkylation sites (tertiary alicyclic amines) is 1. The van der Waals surface area contributed by atoms with Gasteiger partial charge < -0.3 is 14.2 Å². The molecule has 0 unspecified atom stereocenters. The molecule has 7 nitrogen and oxygen atoms in total. The summed E-state index contributed by atoms with van der Waals surface area (Å²) in [6.45, 7) is 9.84. The lowest BCUT2D eigenvalue weighted by molar-refractivity contribution is -0.131. The molecule has 0 saturated carbocycles. The second-order valence-electron chi connectivity index (χ2n) is 7.19. The quantitative estimate of drug-likeness (QED) is 0.789. The van der Waals surface area contributed by atoms with E-state index in [0.29, 0.717) is 24.4 Å². The molecule has 0 N–H and O–H groups in total. The molecule has 24 heavy (non-hydrogen) atoms. The van der Waals surface area contributed by atoms with Crippen molar-refractivity contribution in [3.8, 4) is 0 Å². The third-order valence-corrected chi connectivity index (χ3v) is 4.87. The number of rotatable bonds is 6. The van der Waals surface area contributed by atoms with E-state index in [2.05, 4.69) is 15.0 Å². The number of aromatic nitrogens is 2. The van der Waals surface area contributed by atoms with Gasteiger partial charge in [0.05, 0.1) is 12.6 Å². The second kappa shape index (κ2) is 7.61. The fraction of sp³-hybridized carbons (Fsp3) is 0.824. The highest BCUT2D eigenvalue weighted by Crippen LogP contribution is 2.21. The van der Waals surface area contributed by atoms with Crippen molar-refractivity contribution in [3.05, 3.63) is 11.7 Å². The third kappa shape index (κ3) is 4.13. The topological polar surface area (TPSA) is 71.7 Å². The zero-order chi connectivity index (χ0) is 17.1. The average molecular weight is 336 g/mol. The summed E-state index contributed by atoms with van der Waals surface area (Å²) in [4.78, 5) is 20.8. The summed E-state index contributed by atoms with van der Waals surface area (Å²) in [6.07, 6.45) is 3.66. The Hall–Kier alpha value is -1.47. The molecule has 1 aromatic rings. The van der Waals surface area contributed by atoms with Crippen molar-refractivity contribution in [1.82, 2.24) is 19.9 Å². The number of nitrogens with zero attached hydrogens (tertiary/aromatic N) is 4. The Bertz CT molecular complexity index is 554. The maximum absolute atomic E-state index is 12.1. The summed E-state index contributed by atoms with van der Waals surface area (Å²) in [5.41, 5.74) is 0. The fourth-order valence-corrected chi connectivity index (χ4v) is 3.52. The Kier molecular flexibility index (Phi) is 5.50. The molecule has 0 spiro atoms. The highest BCUT2D eigenvalue weighted by Gasteiger charge is 2.32. The van der Waals surface area contributed by atoms with Gasteiger partial charge in [0.2, 0.25) is 11.8 Å². The molecular formula is C17H28N4O3. The van der Waals surface area contributed by atoms with Crippen LogP contribution in [0, 0.1) is 0 Å². The maximum Gasteiger partial charge on any atom is 0.229 e. The maximum atomic E-state index is 12.1. The first-order chi connectivity index (χ1) is 11.5. The Labute approximate surface area is 143 Å². The van der Waals surface area contributed by atoms with E-state index in [4.69, 9.17) is 9.26 Å². The molecular weight excluding hydrogens is 308 g/mol. The van der Waals surface area contributed by atoms with E-state index >= 15 is 0 Å². The number of amides is 1. The SMILES string of the molecule is CC(=O)N(Cc1noc(C(C)C)n1)[C@@H]1CCN(C[C@@H]2CCCO2)C1. The minimum atomic E-state index is 0.0647. The first-order valence-corrected chi connectivity index (χ1v) is 8.96. The van der Waals surface area contributed by atoms with Gasteiger partial charge in [0.25, 0.3) is 0 Å². The van der Waals surface area contributed by atoms with Gasteiger partial charge in [-0.1, -0.05) is 19.0 Å². The molecule has 0 radical (unpaired) electrons. The van der Waals surface area contributed by atoms with Crippen molar-refractivity contribution < 1.29 is 14.1 Å². The van der Waals surface area contributed by atoms with E-state index in [-0.39, 0.29) is 17.9 Å². The van der Waals surface area contributed by atoms with Gasteiger partial charge in [0.15, 0.2) is 5.82 Å². The molecule has 1 aromatic heterocycles. The molecule has 7 heteroatoms. The summed E-state index contributed by atoms with van der Waals surface area (Å²) < 4.78 is 11.0. The van der Waals surface area contributed by atoms with Gasteiger partial charge in [-0.25, -0.2) is 0 Å². The summed E-state index contributed by atoms with van der Waals surface area (Å²) in [5.74, 6) is 1.48. The van der Waals surface area contributed by atoms with E-state index in [1.165, 1.54) is 0 Å². The lowest BCUT2D eigenvalue weighted by atomic mass is 10.2. The molecule has 2 saturated heterocycles. The molecule has 2 atom stereocenters. The Morgan fingerprint density at radius 2 is 2.25 bits per heavy atom. The first kappa shape index (κ1) is 17.4. The summed E-state index contributed by atoms with van der Waals surface area (Å²) in [6, 6.07) is 0.213. The molecule has 0 aliphatic carbocycles. The molecule has 3 rings (SSSR count). The van der Waals surface area contributed by atoms with Gasteiger partial charge in [-0.3, -0.25) is 9.69 Å². The van der Waals surface area contributed by atoms with Crippen molar-refractivity contribution in [3.63, 3.8) is 0 Å². The molecule has 2 aliphatic rings. The van der Waals surface area contributed by atoms with Crippen molar-refractivity contribution in [2.24, 2.45) is 0 Å². The van der Waals surface area contributed by atoms with Gasteiger partial charge in [0, 0.05) is 45.1 Å². The molecule has 3 heterocycles. The van der Waals surface area contributed by atoms with Crippen molar-refractivity contribution in [2.75, 3.05) is 26.2 Å². The lowest BCUT2D eigenvalue weighted by Gasteiger charge is -2.27. The molecule has 0 bridgehead atoms. The van der Waals surface area contributed by atoms with Crippen LogP contribution in [0.25, 0.3) is 0 Å². The van der Waals surface area contributed by atoms with E-state index in [0.717, 1.165) is 45.5 Å². The van der Waals surface area contributed by atoms with Gasteiger partial charge in [0.1, 0.15) is 0 Å². The molecule has 1 amide bonds. The van der Waals surface area contributed by atoms with Crippen LogP contribution < -0.4 is 0 Å². The molecule has 2 fully saturated rings. The van der Waals surface area contributed by atoms with Crippen LogP contribution in [0.3, 0.4) is 0 Å². The van der Waals surface area contributed by atoms with Crippen molar-refractivity contribution >= 4 is 5.91 Å². The van der Waals surface area contributed by atoms with Crippen LogP contribution >= 0.6 is 0 Å². The largest absolute Gasteiger partial charge is 0.377 e. The third-order valence-electron chi connectivity index (χ3n) is 4.87. The Balaban J connectivity index is 1.58. The Morgan fingerprint density at radius 3 is 2.88 bits per heavy atom. The number of hydrogen-bond acceptors (Lipinski definition) is 6. The zero-order valence-corrected chi connectivity index (χ0v) is 14.9. The summed E-state index contributed by atoms with van der Waals surface area (Å²) in [7, 11) is 0. The normalized spacial score (nSPS) is 24.8. The minimum absolute atomic E-state index is 0.0647. The van der Waals surface area contributed by atoms with Crippen molar-refractivity contribution in [2.45, 2.75) is 64.6 Å². The minimum Gasteiger partial charge on any atom is -0.377 e. The first-order valence-electron chi connectivity index (χ1n) is 8.96. The van der Waals surface area contributed by atoms with Crippen LogP contribution in [-0.2, 0) is 16.1 Å². The second-order valence-corrected chi connectivity index (χ2v) is 7.19. The number of carbonyl (C=O) groups excluding carboxylic acids is 1. The van der Waals surface area contributed by atoms with Gasteiger partial charge in [-0.15, -0.1) is 0 Å². The van der Waals surface area contributed by atoms with E-state index in [1.54, 1.807) is 6.92 Å². The smallest absolute Gasteiger partial charge is 0.229 e. The fourth-order valence-electron chi connectivity index (χ4n) is 3.52. The van der Waals surface area contributed by atoms with Crippen LogP contribution in [0.2, 0.25) is 0 Å². The molecule has 134 valence electrons. The van der Waals surface area contributed by atoms with E-state index < -0.39 is 0 Å². The highest BCUT2D eigenvalue weighted by atomic mass is 16.5. The van der Waals surface area contributed by atoms with Crippen molar-refractivity contribution in [1.29, 1.82) is 0 Å². The van der Waals surface area contributed by atoms with Gasteiger partial charge in [-0.05, 0) is 19.3 Å². The monoisotopic (exact) mass is 336 g/mol. The van der Waals surface area contributed by atoms with Crippen LogP contribution in [0.1, 0.15) is 57.7 Å². The molecule has 0 aromatic carbocycles. The Morgan fingerprint density at radius 1 is 1.42 bits per heavy atom.